The van der Waals surface area contributed by atoms with Crippen molar-refractivity contribution in [2.24, 2.45) is 0 Å². The quantitative estimate of drug-likeness (QED) is 0.184. The lowest BCUT2D eigenvalue weighted by atomic mass is 9.81. The van der Waals surface area contributed by atoms with Gasteiger partial charge in [-0.25, -0.2) is 0 Å². The van der Waals surface area contributed by atoms with E-state index in [1.165, 1.54) is 27.6 Å². The summed E-state index contributed by atoms with van der Waals surface area (Å²) in [5.41, 5.74) is 8.81. The fourth-order valence-corrected chi connectivity index (χ4v) is 6.35. The average molecular weight is 546 g/mol. The Morgan fingerprint density at radius 3 is 2.26 bits per heavy atom. The standard InChI is InChI=1S/C33H40NO4P/c1-5-23(6-2)24-15-17-28-25(20-24)21-26-22-27(34(7-3)8-4)16-18-29(26)33(28)31-13-10-9-12-30(31)32(35)14-11-19-39(36,37)38/h9-10,12-13,15-18,20,22H,5-8,11,14,19,21H2,1-4H3,(H2,36,37,38). The van der Waals surface area contributed by atoms with E-state index < -0.39 is 7.60 Å². The number of ketones is 1. The number of fused-ring (bicyclic) bond motifs is 2. The van der Waals surface area contributed by atoms with Gasteiger partial charge in [0.2, 0.25) is 0 Å². The highest BCUT2D eigenvalue weighted by atomic mass is 31.2. The summed E-state index contributed by atoms with van der Waals surface area (Å²) in [6, 6.07) is 21.1. The Morgan fingerprint density at radius 2 is 1.59 bits per heavy atom. The summed E-state index contributed by atoms with van der Waals surface area (Å²) in [5.74, 6) is -0.0933. The molecule has 0 unspecified atom stereocenters. The zero-order chi connectivity index (χ0) is 28.2. The second-order valence-corrected chi connectivity index (χ2v) is 12.0. The van der Waals surface area contributed by atoms with Crippen LogP contribution in [0, 0.1) is 0 Å². The van der Waals surface area contributed by atoms with Crippen LogP contribution >= 0.6 is 7.60 Å². The van der Waals surface area contributed by atoms with E-state index in [1.807, 2.05) is 24.3 Å². The second-order valence-electron chi connectivity index (χ2n) is 10.2. The molecule has 0 amide bonds. The Bertz CT molecular complexity index is 1530. The summed E-state index contributed by atoms with van der Waals surface area (Å²) in [7, 11) is -4.14. The third-order valence-corrected chi connectivity index (χ3v) is 8.75. The number of hydrogen-bond acceptors (Lipinski definition) is 3. The van der Waals surface area contributed by atoms with E-state index in [1.54, 1.807) is 0 Å². The van der Waals surface area contributed by atoms with Crippen molar-refractivity contribution in [2.75, 3.05) is 24.2 Å². The molecule has 0 atom stereocenters. The van der Waals surface area contributed by atoms with Crippen molar-refractivity contribution in [3.8, 4) is 0 Å². The molecular weight excluding hydrogens is 505 g/mol. The van der Waals surface area contributed by atoms with Crippen LogP contribution in [0.15, 0.2) is 60.7 Å². The number of Topliss-reactive ketones (excluding diaryl/α,β-unsaturated/α-hetero) is 1. The minimum Gasteiger partial charge on any atom is -0.372 e. The van der Waals surface area contributed by atoms with Gasteiger partial charge in [0.25, 0.3) is 0 Å². The maximum Gasteiger partial charge on any atom is 0.325 e. The van der Waals surface area contributed by atoms with Gasteiger partial charge in [-0.1, -0.05) is 68.0 Å². The molecule has 0 radical (unpaired) electrons. The molecule has 0 heterocycles. The maximum atomic E-state index is 13.4. The molecular formula is C33H40NO4P. The Hall–Kier alpha value is -2.98. The van der Waals surface area contributed by atoms with E-state index in [4.69, 9.17) is 0 Å². The third-order valence-electron chi connectivity index (χ3n) is 7.85. The molecule has 0 aliphatic heterocycles. The van der Waals surface area contributed by atoms with E-state index >= 15 is 0 Å². The monoisotopic (exact) mass is 545 g/mol. The number of carbonyl (C=O) groups excluding carboxylic acids is 1. The molecule has 4 rings (SSSR count). The lowest BCUT2D eigenvalue weighted by Gasteiger charge is -2.26. The molecule has 2 N–H and O–H groups in total. The predicted octanol–water partition coefficient (Wildman–Crippen LogP) is 5.80. The van der Waals surface area contributed by atoms with Gasteiger partial charge in [0.05, 0.1) is 6.16 Å². The van der Waals surface area contributed by atoms with Gasteiger partial charge in [-0.15, -0.1) is 0 Å². The van der Waals surface area contributed by atoms with E-state index in [0.29, 0.717) is 5.56 Å². The highest BCUT2D eigenvalue weighted by Crippen LogP contribution is 2.36. The van der Waals surface area contributed by atoms with E-state index in [2.05, 4.69) is 69.0 Å². The van der Waals surface area contributed by atoms with Crippen LogP contribution in [0.3, 0.4) is 0 Å². The van der Waals surface area contributed by atoms with Crippen molar-refractivity contribution in [2.45, 2.75) is 59.8 Å². The van der Waals surface area contributed by atoms with Gasteiger partial charge in [-0.05, 0) is 89.9 Å². The van der Waals surface area contributed by atoms with Crippen LogP contribution in [0.1, 0.15) is 86.0 Å². The minimum absolute atomic E-state index is 0.0933. The molecule has 3 aromatic carbocycles. The molecule has 0 fully saturated rings. The highest BCUT2D eigenvalue weighted by Gasteiger charge is 2.24. The van der Waals surface area contributed by atoms with Crippen LogP contribution in [0.5, 0.6) is 0 Å². The van der Waals surface area contributed by atoms with Crippen LogP contribution in [-0.2, 0) is 11.0 Å². The molecule has 39 heavy (non-hydrogen) atoms. The zero-order valence-corrected chi connectivity index (χ0v) is 24.4. The molecule has 0 saturated carbocycles. The number of nitrogens with zero attached hydrogens (tertiary/aromatic N) is 1. The van der Waals surface area contributed by atoms with Crippen LogP contribution in [0.25, 0.3) is 11.1 Å². The van der Waals surface area contributed by atoms with E-state index in [-0.39, 0.29) is 24.8 Å². The van der Waals surface area contributed by atoms with Gasteiger partial charge in [0.1, 0.15) is 0 Å². The fraction of sp³-hybridized carbons (Fsp3) is 0.364. The number of anilines is 1. The lowest BCUT2D eigenvalue weighted by molar-refractivity contribution is 0.0981. The van der Waals surface area contributed by atoms with Crippen LogP contribution < -0.4 is 15.3 Å². The van der Waals surface area contributed by atoms with Gasteiger partial charge in [-0.2, -0.15) is 0 Å². The normalized spacial score (nSPS) is 12.6. The highest BCUT2D eigenvalue weighted by molar-refractivity contribution is 7.51. The average Bonchev–Trinajstić information content (AvgIpc) is 2.92. The Balaban J connectivity index is 1.93. The molecule has 1 aliphatic rings. The predicted molar refractivity (Wildman–Crippen MR) is 161 cm³/mol. The van der Waals surface area contributed by atoms with Gasteiger partial charge in [-0.3, -0.25) is 9.36 Å². The fourth-order valence-electron chi connectivity index (χ4n) is 5.78. The molecule has 0 bridgehead atoms. The summed E-state index contributed by atoms with van der Waals surface area (Å²) in [6.07, 6.45) is 2.83. The summed E-state index contributed by atoms with van der Waals surface area (Å²) in [5, 5.41) is 2.42. The number of hydrogen-bond donors (Lipinski definition) is 2. The summed E-state index contributed by atoms with van der Waals surface area (Å²) in [4.78, 5) is 34.3. The molecule has 206 valence electrons. The van der Waals surface area contributed by atoms with E-state index in [0.717, 1.165) is 54.3 Å². The first-order chi connectivity index (χ1) is 18.7. The Labute approximate surface area is 232 Å². The first-order valence-corrected chi connectivity index (χ1v) is 15.9. The smallest absolute Gasteiger partial charge is 0.325 e. The Kier molecular flexibility index (Phi) is 9.27. The third kappa shape index (κ3) is 6.44. The molecule has 0 aromatic heterocycles. The molecule has 0 spiro atoms. The van der Waals surface area contributed by atoms with Crippen LogP contribution in [0.2, 0.25) is 0 Å². The van der Waals surface area contributed by atoms with Gasteiger partial charge in [0, 0.05) is 30.8 Å². The summed E-state index contributed by atoms with van der Waals surface area (Å²) < 4.78 is 11.3. The molecule has 6 heteroatoms. The van der Waals surface area contributed by atoms with Gasteiger partial charge in [0.15, 0.2) is 5.78 Å². The lowest BCUT2D eigenvalue weighted by Crippen LogP contribution is -2.26. The molecule has 5 nitrogen and oxygen atoms in total. The Morgan fingerprint density at radius 1 is 0.872 bits per heavy atom. The molecule has 1 aliphatic carbocycles. The van der Waals surface area contributed by atoms with Crippen molar-refractivity contribution in [1.82, 2.24) is 0 Å². The first kappa shape index (κ1) is 29.0. The molecule has 0 saturated heterocycles. The maximum absolute atomic E-state index is 13.4. The topological polar surface area (TPSA) is 77.8 Å². The van der Waals surface area contributed by atoms with Gasteiger partial charge < -0.3 is 14.7 Å². The van der Waals surface area contributed by atoms with Crippen molar-refractivity contribution >= 4 is 30.2 Å². The molecule has 3 aromatic rings. The van der Waals surface area contributed by atoms with E-state index in [9.17, 15) is 19.1 Å². The largest absolute Gasteiger partial charge is 0.372 e. The first-order valence-electron chi connectivity index (χ1n) is 14.1. The number of rotatable bonds is 11. The number of carbonyl (C=O) groups is 1. The zero-order valence-electron chi connectivity index (χ0n) is 23.5. The van der Waals surface area contributed by atoms with Crippen molar-refractivity contribution in [3.05, 3.63) is 98.9 Å². The SMILES string of the molecule is CCC(CC)=c1ccc2c(c1)Cc1cc(N(CC)CC)ccc1C=2c1ccccc1C(=O)CCCP(=O)(O)O. The van der Waals surface area contributed by atoms with Crippen molar-refractivity contribution in [3.63, 3.8) is 0 Å². The minimum atomic E-state index is -4.14. The summed E-state index contributed by atoms with van der Waals surface area (Å²) in [6.45, 7) is 10.6. The second kappa shape index (κ2) is 12.5. The number of benzene rings is 3. The summed E-state index contributed by atoms with van der Waals surface area (Å²) >= 11 is 0. The van der Waals surface area contributed by atoms with Crippen molar-refractivity contribution in [1.29, 1.82) is 0 Å². The van der Waals surface area contributed by atoms with Crippen LogP contribution in [-0.4, -0.2) is 34.8 Å². The van der Waals surface area contributed by atoms with Gasteiger partial charge >= 0.3 is 7.60 Å². The van der Waals surface area contributed by atoms with Crippen LogP contribution in [0.4, 0.5) is 5.69 Å². The van der Waals surface area contributed by atoms with Crippen molar-refractivity contribution < 1.29 is 19.1 Å².